The smallest absolute Gasteiger partial charge is 0.326 e. The number of nitro groups is 1. The van der Waals surface area contributed by atoms with E-state index in [-0.39, 0.29) is 11.5 Å². The van der Waals surface area contributed by atoms with Crippen molar-refractivity contribution >= 4 is 17.7 Å². The summed E-state index contributed by atoms with van der Waals surface area (Å²) in [6.45, 7) is 0.356. The van der Waals surface area contributed by atoms with Gasteiger partial charge in [-0.05, 0) is 23.8 Å². The zero-order chi connectivity index (χ0) is 15.6. The summed E-state index contributed by atoms with van der Waals surface area (Å²) in [7, 11) is 1.43. The number of amides is 1. The van der Waals surface area contributed by atoms with Crippen LogP contribution in [0.2, 0.25) is 0 Å². The highest BCUT2D eigenvalue weighted by Crippen LogP contribution is 2.22. The summed E-state index contributed by atoms with van der Waals surface area (Å²) in [5.74, 6) is -1.70. The van der Waals surface area contributed by atoms with Crippen LogP contribution in [0.25, 0.3) is 0 Å². The number of aliphatic carboxylic acids is 1. The lowest BCUT2D eigenvalue weighted by Crippen LogP contribution is -2.45. The Labute approximate surface area is 121 Å². The first-order valence-corrected chi connectivity index (χ1v) is 6.77. The highest BCUT2D eigenvalue weighted by atomic mass is 16.6. The van der Waals surface area contributed by atoms with Gasteiger partial charge in [0.2, 0.25) is 0 Å². The highest BCUT2D eigenvalue weighted by Gasteiger charge is 2.34. The molecule has 1 aliphatic rings. The first kappa shape index (κ1) is 15.0. The molecule has 0 bridgehead atoms. The Morgan fingerprint density at radius 3 is 2.62 bits per heavy atom. The Morgan fingerprint density at radius 2 is 2.05 bits per heavy atom. The lowest BCUT2D eigenvalue weighted by atomic mass is 10.1. The van der Waals surface area contributed by atoms with Crippen LogP contribution in [-0.2, 0) is 11.8 Å². The van der Waals surface area contributed by atoms with Crippen molar-refractivity contribution in [3.63, 3.8) is 0 Å². The van der Waals surface area contributed by atoms with Crippen LogP contribution in [0.4, 0.5) is 5.82 Å². The average Bonchev–Trinajstić information content (AvgIpc) is 2.66. The van der Waals surface area contributed by atoms with Crippen molar-refractivity contribution in [2.45, 2.75) is 31.7 Å². The van der Waals surface area contributed by atoms with Gasteiger partial charge in [-0.3, -0.25) is 4.79 Å². The number of nitrogens with zero attached hydrogens (tertiary/aromatic N) is 3. The first-order chi connectivity index (χ1) is 9.93. The fraction of sp³-hybridized carbons (Fsp3) is 0.538. The second-order valence-corrected chi connectivity index (χ2v) is 5.09. The van der Waals surface area contributed by atoms with Gasteiger partial charge in [-0.25, -0.2) is 9.36 Å². The van der Waals surface area contributed by atoms with E-state index in [1.165, 1.54) is 28.6 Å². The van der Waals surface area contributed by atoms with Crippen molar-refractivity contribution in [3.05, 3.63) is 27.9 Å². The monoisotopic (exact) mass is 295 g/mol. The number of carboxylic acids is 1. The maximum Gasteiger partial charge on any atom is 0.326 e. The van der Waals surface area contributed by atoms with Gasteiger partial charge in [0.1, 0.15) is 6.04 Å². The molecular weight excluding hydrogens is 278 g/mol. The number of carbonyl (C=O) groups is 2. The quantitative estimate of drug-likeness (QED) is 0.670. The largest absolute Gasteiger partial charge is 0.480 e. The lowest BCUT2D eigenvalue weighted by Gasteiger charge is -2.26. The van der Waals surface area contributed by atoms with E-state index in [0.29, 0.717) is 13.0 Å². The topological polar surface area (TPSA) is 106 Å². The molecule has 2 heterocycles. The van der Waals surface area contributed by atoms with Crippen LogP contribution in [0.5, 0.6) is 0 Å². The third-order valence-corrected chi connectivity index (χ3v) is 3.80. The number of hydrogen-bond donors (Lipinski definition) is 1. The summed E-state index contributed by atoms with van der Waals surface area (Å²) in [5, 5.41) is 20.1. The fourth-order valence-electron chi connectivity index (χ4n) is 2.65. The molecule has 0 radical (unpaired) electrons. The van der Waals surface area contributed by atoms with Crippen LogP contribution < -0.4 is 0 Å². The van der Waals surface area contributed by atoms with Crippen LogP contribution in [-0.4, -0.2) is 44.0 Å². The van der Waals surface area contributed by atoms with E-state index in [4.69, 9.17) is 0 Å². The number of carboxylic acid groups (broad SMARTS) is 1. The highest BCUT2D eigenvalue weighted by molar-refractivity contribution is 5.95. The van der Waals surface area contributed by atoms with Gasteiger partial charge in [0.25, 0.3) is 5.91 Å². The molecule has 114 valence electrons. The van der Waals surface area contributed by atoms with Gasteiger partial charge in [0.05, 0.1) is 7.05 Å². The molecule has 2 rings (SSSR count). The van der Waals surface area contributed by atoms with Crippen molar-refractivity contribution < 1.29 is 19.6 Å². The van der Waals surface area contributed by atoms with Gasteiger partial charge < -0.3 is 20.1 Å². The molecule has 0 aromatic carbocycles. The Hall–Kier alpha value is -2.38. The van der Waals surface area contributed by atoms with Crippen LogP contribution in [0.3, 0.4) is 0 Å². The molecule has 1 amide bonds. The Morgan fingerprint density at radius 1 is 1.33 bits per heavy atom. The van der Waals surface area contributed by atoms with Crippen molar-refractivity contribution in [3.8, 4) is 0 Å². The molecule has 8 heteroatoms. The molecule has 1 aromatic rings. The summed E-state index contributed by atoms with van der Waals surface area (Å²) in [6, 6.07) is 1.75. The summed E-state index contributed by atoms with van der Waals surface area (Å²) in [6.07, 6.45) is 2.78. The summed E-state index contributed by atoms with van der Waals surface area (Å²) < 4.78 is 1.19. The maximum absolute atomic E-state index is 12.5. The molecule has 21 heavy (non-hydrogen) atoms. The van der Waals surface area contributed by atoms with E-state index >= 15 is 0 Å². The van der Waals surface area contributed by atoms with Crippen LogP contribution in [0.1, 0.15) is 36.2 Å². The van der Waals surface area contributed by atoms with Crippen molar-refractivity contribution in [2.75, 3.05) is 6.54 Å². The van der Waals surface area contributed by atoms with Crippen LogP contribution in [0, 0.1) is 10.1 Å². The van der Waals surface area contributed by atoms with Crippen molar-refractivity contribution in [2.24, 2.45) is 7.05 Å². The van der Waals surface area contributed by atoms with Gasteiger partial charge in [0, 0.05) is 12.6 Å². The van der Waals surface area contributed by atoms with E-state index < -0.39 is 22.8 Å². The predicted octanol–water partition coefficient (Wildman–Crippen LogP) is 1.40. The maximum atomic E-state index is 12.5. The minimum atomic E-state index is -1.03. The van der Waals surface area contributed by atoms with E-state index in [1.54, 1.807) is 0 Å². The third kappa shape index (κ3) is 2.88. The number of likely N-dealkylation sites (tertiary alicyclic amines) is 1. The number of carbonyl (C=O) groups excluding carboxylic acids is 1. The lowest BCUT2D eigenvalue weighted by molar-refractivity contribution is -0.391. The Kier molecular flexibility index (Phi) is 4.25. The first-order valence-electron chi connectivity index (χ1n) is 6.77. The van der Waals surface area contributed by atoms with Crippen LogP contribution in [0.15, 0.2) is 12.1 Å². The minimum absolute atomic E-state index is 0.134. The van der Waals surface area contributed by atoms with Gasteiger partial charge in [-0.1, -0.05) is 12.8 Å². The minimum Gasteiger partial charge on any atom is -0.480 e. The zero-order valence-corrected chi connectivity index (χ0v) is 11.7. The molecule has 1 unspecified atom stereocenters. The molecule has 0 saturated carbocycles. The Bertz CT molecular complexity index is 580. The van der Waals surface area contributed by atoms with E-state index in [1.807, 2.05) is 0 Å². The van der Waals surface area contributed by atoms with Gasteiger partial charge in [0.15, 0.2) is 5.69 Å². The molecule has 1 fully saturated rings. The van der Waals surface area contributed by atoms with E-state index in [2.05, 4.69) is 0 Å². The third-order valence-electron chi connectivity index (χ3n) is 3.80. The number of aromatic nitrogens is 1. The molecular formula is C13H17N3O5. The molecule has 1 atom stereocenters. The van der Waals surface area contributed by atoms with Crippen molar-refractivity contribution in [1.82, 2.24) is 9.47 Å². The molecule has 0 aliphatic carbocycles. The van der Waals surface area contributed by atoms with E-state index in [9.17, 15) is 24.8 Å². The molecule has 1 N–H and O–H groups in total. The van der Waals surface area contributed by atoms with Gasteiger partial charge in [-0.2, -0.15) is 0 Å². The standard InChI is InChI=1S/C13H17N3O5/c1-14-9(6-7-11(14)16(20)21)12(17)15-8-4-2-3-5-10(15)13(18)19/h6-7,10H,2-5,8H2,1H3,(H,18,19). The average molecular weight is 295 g/mol. The molecule has 1 aliphatic heterocycles. The molecule has 0 spiro atoms. The van der Waals surface area contributed by atoms with E-state index in [0.717, 1.165) is 19.3 Å². The predicted molar refractivity (Wildman–Crippen MR) is 73.0 cm³/mol. The Balaban J connectivity index is 2.32. The van der Waals surface area contributed by atoms with Crippen LogP contribution >= 0.6 is 0 Å². The second-order valence-electron chi connectivity index (χ2n) is 5.09. The zero-order valence-electron chi connectivity index (χ0n) is 11.7. The molecule has 1 saturated heterocycles. The van der Waals surface area contributed by atoms with Crippen molar-refractivity contribution in [1.29, 1.82) is 0 Å². The normalized spacial score (nSPS) is 19.1. The molecule has 8 nitrogen and oxygen atoms in total. The second kappa shape index (κ2) is 5.94. The number of hydrogen-bond acceptors (Lipinski definition) is 4. The SMILES string of the molecule is Cn1c(C(=O)N2CCCCCC2C(=O)O)ccc1[N+](=O)[O-]. The summed E-state index contributed by atoms with van der Waals surface area (Å²) in [5.41, 5.74) is 0.134. The van der Waals surface area contributed by atoms with Gasteiger partial charge in [-0.15, -0.1) is 0 Å². The number of rotatable bonds is 3. The summed E-state index contributed by atoms with van der Waals surface area (Å²) in [4.78, 5) is 35.5. The fourth-order valence-corrected chi connectivity index (χ4v) is 2.65. The molecule has 1 aromatic heterocycles. The van der Waals surface area contributed by atoms with Gasteiger partial charge >= 0.3 is 11.8 Å². The summed E-state index contributed by atoms with van der Waals surface area (Å²) >= 11 is 0.